The molecule has 74 valence electrons. The molecule has 0 saturated carbocycles. The van der Waals surface area contributed by atoms with Crippen LogP contribution in [0, 0.1) is 0 Å². The highest BCUT2D eigenvalue weighted by Crippen LogP contribution is 1.93. The van der Waals surface area contributed by atoms with E-state index >= 15 is 0 Å². The van der Waals surface area contributed by atoms with Gasteiger partial charge in [0, 0.05) is 13.0 Å². The van der Waals surface area contributed by atoms with E-state index in [0.717, 1.165) is 0 Å². The molecule has 0 aliphatic rings. The van der Waals surface area contributed by atoms with Crippen molar-refractivity contribution in [1.29, 1.82) is 0 Å². The summed E-state index contributed by atoms with van der Waals surface area (Å²) in [5.74, 6) is -0.560. The summed E-state index contributed by atoms with van der Waals surface area (Å²) in [5, 5.41) is 17.1. The van der Waals surface area contributed by atoms with Gasteiger partial charge in [-0.3, -0.25) is 4.55 Å². The topological polar surface area (TPSA) is 104 Å². The van der Waals surface area contributed by atoms with E-state index in [4.69, 9.17) is 14.8 Å². The van der Waals surface area contributed by atoms with Gasteiger partial charge in [-0.25, -0.2) is 0 Å². The summed E-state index contributed by atoms with van der Waals surface area (Å²) in [4.78, 5) is 0. The number of hydrogen-bond acceptors (Lipinski definition) is 5. The molecule has 1 atom stereocenters. The Labute approximate surface area is 70.5 Å². The van der Waals surface area contributed by atoms with Crippen molar-refractivity contribution in [3.05, 3.63) is 0 Å². The molecule has 1 unspecified atom stereocenters. The predicted octanol–water partition coefficient (Wildman–Crippen LogP) is -1.41. The Bertz CT molecular complexity index is 198. The Kier molecular flexibility index (Phi) is 5.34. The van der Waals surface area contributed by atoms with Crippen LogP contribution in [0.4, 0.5) is 0 Å². The normalized spacial score (nSPS) is 14.6. The van der Waals surface area contributed by atoms with Gasteiger partial charge in [-0.05, 0) is 0 Å². The van der Waals surface area contributed by atoms with Crippen molar-refractivity contribution in [3.8, 4) is 0 Å². The molecule has 0 aliphatic heterocycles. The fourth-order valence-corrected chi connectivity index (χ4v) is 0.790. The van der Waals surface area contributed by atoms with Gasteiger partial charge in [-0.2, -0.15) is 8.42 Å². The van der Waals surface area contributed by atoms with Crippen LogP contribution in [-0.2, 0) is 14.9 Å². The predicted molar refractivity (Wildman–Crippen MR) is 40.1 cm³/mol. The van der Waals surface area contributed by atoms with E-state index in [9.17, 15) is 8.42 Å². The smallest absolute Gasteiger partial charge is 0.267 e. The molecule has 0 fully saturated rings. The molecule has 12 heavy (non-hydrogen) atoms. The van der Waals surface area contributed by atoms with Crippen molar-refractivity contribution >= 4 is 10.1 Å². The average Bonchev–Trinajstić information content (AvgIpc) is 1.84. The zero-order chi connectivity index (χ0) is 9.61. The van der Waals surface area contributed by atoms with E-state index in [1.54, 1.807) is 0 Å². The number of ether oxygens (including phenoxy) is 1. The standard InChI is InChI=1S/C5H12O6S/c6-2-1-5(7)11-3-4-12(8,9)10/h5-7H,1-4H2,(H,8,9,10). The average molecular weight is 200 g/mol. The zero-order valence-electron chi connectivity index (χ0n) is 6.38. The number of aliphatic hydroxyl groups excluding tert-OH is 2. The highest BCUT2D eigenvalue weighted by atomic mass is 32.2. The molecule has 7 heteroatoms. The molecule has 0 saturated heterocycles. The van der Waals surface area contributed by atoms with Crippen molar-refractivity contribution in [2.45, 2.75) is 12.7 Å². The van der Waals surface area contributed by atoms with Crippen LogP contribution in [0.15, 0.2) is 0 Å². The minimum Gasteiger partial charge on any atom is -0.396 e. The highest BCUT2D eigenvalue weighted by molar-refractivity contribution is 7.85. The second-order valence-electron chi connectivity index (χ2n) is 2.12. The maximum atomic E-state index is 10.1. The van der Waals surface area contributed by atoms with Gasteiger partial charge in [0.05, 0.1) is 12.4 Å². The van der Waals surface area contributed by atoms with Gasteiger partial charge in [-0.1, -0.05) is 0 Å². The second kappa shape index (κ2) is 5.44. The largest absolute Gasteiger partial charge is 0.396 e. The summed E-state index contributed by atoms with van der Waals surface area (Å²) < 4.78 is 33.0. The third kappa shape index (κ3) is 7.89. The SMILES string of the molecule is O=S(=O)(O)CCOC(O)CCO. The minimum atomic E-state index is -4.03. The van der Waals surface area contributed by atoms with Crippen molar-refractivity contribution in [3.63, 3.8) is 0 Å². The first-order valence-corrected chi connectivity index (χ1v) is 4.92. The van der Waals surface area contributed by atoms with Crippen LogP contribution in [-0.4, -0.2) is 48.4 Å². The summed E-state index contributed by atoms with van der Waals surface area (Å²) >= 11 is 0. The van der Waals surface area contributed by atoms with Crippen LogP contribution in [0.2, 0.25) is 0 Å². The molecular weight excluding hydrogens is 188 g/mol. The third-order valence-corrected chi connectivity index (χ3v) is 1.71. The quantitative estimate of drug-likeness (QED) is 0.359. The Morgan fingerprint density at radius 3 is 2.42 bits per heavy atom. The summed E-state index contributed by atoms with van der Waals surface area (Å²) in [6.45, 7) is -0.535. The Morgan fingerprint density at radius 2 is 2.00 bits per heavy atom. The van der Waals surface area contributed by atoms with Crippen molar-refractivity contribution < 1.29 is 27.9 Å². The lowest BCUT2D eigenvalue weighted by atomic mass is 10.4. The molecule has 0 spiro atoms. The van der Waals surface area contributed by atoms with Gasteiger partial charge < -0.3 is 14.9 Å². The first-order valence-electron chi connectivity index (χ1n) is 3.31. The van der Waals surface area contributed by atoms with Crippen molar-refractivity contribution in [1.82, 2.24) is 0 Å². The lowest BCUT2D eigenvalue weighted by Gasteiger charge is -2.08. The van der Waals surface area contributed by atoms with E-state index in [2.05, 4.69) is 4.74 Å². The monoisotopic (exact) mass is 200 g/mol. The maximum absolute atomic E-state index is 10.1. The van der Waals surface area contributed by atoms with Gasteiger partial charge in [0.2, 0.25) is 0 Å². The molecule has 0 aliphatic carbocycles. The molecule has 0 rings (SSSR count). The van der Waals surface area contributed by atoms with Gasteiger partial charge in [-0.15, -0.1) is 0 Å². The van der Waals surface area contributed by atoms with E-state index in [0.29, 0.717) is 0 Å². The van der Waals surface area contributed by atoms with Crippen LogP contribution in [0.5, 0.6) is 0 Å². The molecule has 0 aromatic rings. The lowest BCUT2D eigenvalue weighted by molar-refractivity contribution is -0.104. The molecule has 3 N–H and O–H groups in total. The lowest BCUT2D eigenvalue weighted by Crippen LogP contribution is -2.19. The van der Waals surface area contributed by atoms with Gasteiger partial charge in [0.15, 0.2) is 6.29 Å². The van der Waals surface area contributed by atoms with Gasteiger partial charge in [0.1, 0.15) is 0 Å². The molecule has 0 amide bonds. The molecule has 0 bridgehead atoms. The van der Waals surface area contributed by atoms with Crippen LogP contribution in [0.25, 0.3) is 0 Å². The Morgan fingerprint density at radius 1 is 1.42 bits per heavy atom. The fourth-order valence-electron chi connectivity index (χ4n) is 0.483. The Hall–Kier alpha value is -0.210. The number of rotatable bonds is 6. The second-order valence-corrected chi connectivity index (χ2v) is 3.70. The van der Waals surface area contributed by atoms with E-state index in [1.807, 2.05) is 0 Å². The summed E-state index contributed by atoms with van der Waals surface area (Å²) in [6, 6.07) is 0. The fraction of sp³-hybridized carbons (Fsp3) is 1.00. The first kappa shape index (κ1) is 11.8. The molecular formula is C5H12O6S. The van der Waals surface area contributed by atoms with E-state index in [1.165, 1.54) is 0 Å². The van der Waals surface area contributed by atoms with Gasteiger partial charge >= 0.3 is 0 Å². The van der Waals surface area contributed by atoms with E-state index < -0.39 is 22.2 Å². The molecule has 0 heterocycles. The number of aliphatic hydroxyl groups is 2. The Balaban J connectivity index is 3.44. The number of hydrogen-bond donors (Lipinski definition) is 3. The van der Waals surface area contributed by atoms with Gasteiger partial charge in [0.25, 0.3) is 10.1 Å². The summed E-state index contributed by atoms with van der Waals surface area (Å²) in [5.41, 5.74) is 0. The van der Waals surface area contributed by atoms with Crippen molar-refractivity contribution in [2.24, 2.45) is 0 Å². The van der Waals surface area contributed by atoms with Crippen molar-refractivity contribution in [2.75, 3.05) is 19.0 Å². The summed E-state index contributed by atoms with van der Waals surface area (Å²) in [7, 11) is -4.03. The van der Waals surface area contributed by atoms with E-state index in [-0.39, 0.29) is 19.6 Å². The minimum absolute atomic E-state index is 0.0193. The first-order chi connectivity index (χ1) is 5.45. The highest BCUT2D eigenvalue weighted by Gasteiger charge is 2.07. The molecule has 0 aromatic carbocycles. The summed E-state index contributed by atoms with van der Waals surface area (Å²) in [6.07, 6.45) is -1.16. The zero-order valence-corrected chi connectivity index (χ0v) is 7.20. The maximum Gasteiger partial charge on any atom is 0.267 e. The third-order valence-electron chi connectivity index (χ3n) is 1.03. The molecule has 6 nitrogen and oxygen atoms in total. The van der Waals surface area contributed by atoms with Crippen LogP contribution in [0.3, 0.4) is 0 Å². The van der Waals surface area contributed by atoms with Crippen LogP contribution in [0.1, 0.15) is 6.42 Å². The molecule has 0 aromatic heterocycles. The van der Waals surface area contributed by atoms with Crippen LogP contribution >= 0.6 is 0 Å². The molecule has 0 radical (unpaired) electrons. The van der Waals surface area contributed by atoms with Crippen LogP contribution < -0.4 is 0 Å².